The highest BCUT2D eigenvalue weighted by molar-refractivity contribution is 5.85. The number of carbonyl (C=O) groups is 1. The Morgan fingerprint density at radius 2 is 1.97 bits per heavy atom. The van der Waals surface area contributed by atoms with Gasteiger partial charge in [-0.15, -0.1) is 0 Å². The zero-order chi connectivity index (χ0) is 21.7. The third kappa shape index (κ3) is 5.50. The highest BCUT2D eigenvalue weighted by Gasteiger charge is 2.21. The van der Waals surface area contributed by atoms with E-state index < -0.39 is 0 Å². The van der Waals surface area contributed by atoms with E-state index in [2.05, 4.69) is 10.2 Å². The molecule has 1 aliphatic heterocycles. The molecule has 30 heavy (non-hydrogen) atoms. The molecule has 8 heteroatoms. The third-order valence-electron chi connectivity index (χ3n) is 5.35. The number of halogens is 1. The number of benzene rings is 1. The lowest BCUT2D eigenvalue weighted by Gasteiger charge is -2.32. The number of amides is 1. The van der Waals surface area contributed by atoms with Crippen molar-refractivity contribution in [3.63, 3.8) is 0 Å². The number of pyridine rings is 1. The van der Waals surface area contributed by atoms with Crippen LogP contribution < -0.4 is 15.6 Å². The van der Waals surface area contributed by atoms with Crippen molar-refractivity contribution in [1.29, 1.82) is 0 Å². The minimum absolute atomic E-state index is 0.0968. The number of likely N-dealkylation sites (tertiary alicyclic amines) is 1. The Morgan fingerprint density at radius 1 is 1.23 bits per heavy atom. The van der Waals surface area contributed by atoms with Crippen molar-refractivity contribution < 1.29 is 18.7 Å². The molecule has 2 heterocycles. The molecule has 1 aromatic heterocycles. The Balaban J connectivity index is 1.58. The summed E-state index contributed by atoms with van der Waals surface area (Å²) >= 11 is 0. The Kier molecular flexibility index (Phi) is 7.31. The van der Waals surface area contributed by atoms with E-state index in [1.165, 1.54) is 25.3 Å². The van der Waals surface area contributed by atoms with Crippen LogP contribution in [0.3, 0.4) is 0 Å². The molecule has 1 aliphatic rings. The van der Waals surface area contributed by atoms with Crippen molar-refractivity contribution in [2.45, 2.75) is 39.3 Å². The van der Waals surface area contributed by atoms with Gasteiger partial charge >= 0.3 is 6.09 Å². The summed E-state index contributed by atoms with van der Waals surface area (Å²) < 4.78 is 25.9. The van der Waals surface area contributed by atoms with E-state index >= 15 is 0 Å². The quantitative estimate of drug-likeness (QED) is 0.747. The van der Waals surface area contributed by atoms with Gasteiger partial charge in [0.25, 0.3) is 5.56 Å². The zero-order valence-corrected chi connectivity index (χ0v) is 17.8. The van der Waals surface area contributed by atoms with Gasteiger partial charge in [0.1, 0.15) is 11.6 Å². The number of carbonyl (C=O) groups excluding carboxylic acids is 1. The largest absolute Gasteiger partial charge is 0.496 e. The lowest BCUT2D eigenvalue weighted by Crippen LogP contribution is -2.45. The fourth-order valence-electron chi connectivity index (χ4n) is 3.72. The lowest BCUT2D eigenvalue weighted by molar-refractivity contribution is 0.121. The summed E-state index contributed by atoms with van der Waals surface area (Å²) in [6.07, 6.45) is 1.29. The molecule has 0 aliphatic carbocycles. The van der Waals surface area contributed by atoms with E-state index in [9.17, 15) is 14.0 Å². The van der Waals surface area contributed by atoms with Crippen LogP contribution in [0.2, 0.25) is 0 Å². The second kappa shape index (κ2) is 9.93. The summed E-state index contributed by atoms with van der Waals surface area (Å²) in [6, 6.07) is 5.91. The first-order valence-electron chi connectivity index (χ1n) is 10.4. The van der Waals surface area contributed by atoms with Crippen LogP contribution in [0.4, 0.5) is 9.18 Å². The van der Waals surface area contributed by atoms with Crippen molar-refractivity contribution in [2.75, 3.05) is 33.4 Å². The molecule has 1 saturated heterocycles. The molecule has 0 spiro atoms. The SMILES string of the molecule is COc1cc(=O)n(CCN2CCC(NC(=O)OCC(C)C)CC2)c2cc(F)ccc12. The van der Waals surface area contributed by atoms with Crippen LogP contribution >= 0.6 is 0 Å². The van der Waals surface area contributed by atoms with Gasteiger partial charge in [-0.3, -0.25) is 4.79 Å². The average Bonchev–Trinajstić information content (AvgIpc) is 2.72. The second-order valence-corrected chi connectivity index (χ2v) is 8.12. The molecule has 0 saturated carbocycles. The van der Waals surface area contributed by atoms with Gasteiger partial charge in [-0.2, -0.15) is 0 Å². The van der Waals surface area contributed by atoms with E-state index in [0.717, 1.165) is 25.9 Å². The predicted molar refractivity (Wildman–Crippen MR) is 114 cm³/mol. The predicted octanol–water partition coefficient (Wildman–Crippen LogP) is 3.00. The van der Waals surface area contributed by atoms with E-state index in [1.807, 2.05) is 13.8 Å². The molecule has 0 atom stereocenters. The number of fused-ring (bicyclic) bond motifs is 1. The minimum atomic E-state index is -0.389. The molecule has 0 radical (unpaired) electrons. The fourth-order valence-corrected chi connectivity index (χ4v) is 3.72. The van der Waals surface area contributed by atoms with Crippen LogP contribution in [0, 0.1) is 11.7 Å². The number of alkyl carbamates (subject to hydrolysis) is 1. The van der Waals surface area contributed by atoms with Crippen molar-refractivity contribution in [3.8, 4) is 5.75 Å². The first-order valence-corrected chi connectivity index (χ1v) is 10.4. The van der Waals surface area contributed by atoms with Gasteiger partial charge in [-0.1, -0.05) is 13.8 Å². The number of hydrogen-bond donors (Lipinski definition) is 1. The first kappa shape index (κ1) is 22.1. The maximum absolute atomic E-state index is 13.8. The van der Waals surface area contributed by atoms with Gasteiger partial charge in [0, 0.05) is 43.7 Å². The summed E-state index contributed by atoms with van der Waals surface area (Å²) in [5.41, 5.74) is 0.318. The molecule has 0 bridgehead atoms. The summed E-state index contributed by atoms with van der Waals surface area (Å²) in [5.74, 6) is 0.367. The summed E-state index contributed by atoms with van der Waals surface area (Å²) in [4.78, 5) is 26.6. The molecule has 1 aromatic carbocycles. The normalized spacial score (nSPS) is 15.5. The Hall–Kier alpha value is -2.61. The molecule has 3 rings (SSSR count). The number of nitrogens with zero attached hydrogens (tertiary/aromatic N) is 2. The minimum Gasteiger partial charge on any atom is -0.496 e. The maximum Gasteiger partial charge on any atom is 0.407 e. The third-order valence-corrected chi connectivity index (χ3v) is 5.35. The topological polar surface area (TPSA) is 72.8 Å². The molecule has 1 amide bonds. The number of aromatic nitrogens is 1. The highest BCUT2D eigenvalue weighted by atomic mass is 19.1. The molecule has 0 unspecified atom stereocenters. The molecule has 1 N–H and O–H groups in total. The number of rotatable bonds is 7. The van der Waals surface area contributed by atoms with E-state index in [-0.39, 0.29) is 23.5 Å². The van der Waals surface area contributed by atoms with E-state index in [1.54, 1.807) is 10.6 Å². The van der Waals surface area contributed by atoms with Gasteiger partial charge in [0.2, 0.25) is 0 Å². The Bertz CT molecular complexity index is 936. The van der Waals surface area contributed by atoms with E-state index in [4.69, 9.17) is 9.47 Å². The number of hydrogen-bond acceptors (Lipinski definition) is 5. The maximum atomic E-state index is 13.8. The van der Waals surface area contributed by atoms with Crippen molar-refractivity contribution >= 4 is 17.0 Å². The lowest BCUT2D eigenvalue weighted by atomic mass is 10.1. The Morgan fingerprint density at radius 3 is 2.63 bits per heavy atom. The molecular formula is C22H30FN3O4. The van der Waals surface area contributed by atoms with Gasteiger partial charge in [0.15, 0.2) is 0 Å². The van der Waals surface area contributed by atoms with Crippen LogP contribution in [-0.4, -0.2) is 55.0 Å². The van der Waals surface area contributed by atoms with E-state index in [0.29, 0.717) is 42.3 Å². The summed E-state index contributed by atoms with van der Waals surface area (Å²) in [6.45, 7) is 7.16. The highest BCUT2D eigenvalue weighted by Crippen LogP contribution is 2.24. The van der Waals surface area contributed by atoms with Gasteiger partial charge in [0.05, 0.1) is 19.2 Å². The number of nitrogens with one attached hydrogen (secondary N) is 1. The number of methoxy groups -OCH3 is 1. The zero-order valence-electron chi connectivity index (χ0n) is 17.8. The average molecular weight is 419 g/mol. The van der Waals surface area contributed by atoms with Crippen molar-refractivity contribution in [1.82, 2.24) is 14.8 Å². The molecule has 164 valence electrons. The monoisotopic (exact) mass is 419 g/mol. The standard InChI is InChI=1S/C22H30FN3O4/c1-15(2)14-30-22(28)24-17-6-8-25(9-7-17)10-11-26-19-12-16(23)4-5-18(19)20(29-3)13-21(26)27/h4-5,12-13,15,17H,6-11,14H2,1-3H3,(H,24,28). The summed E-state index contributed by atoms with van der Waals surface area (Å²) in [5, 5.41) is 3.63. The van der Waals surface area contributed by atoms with Crippen LogP contribution in [-0.2, 0) is 11.3 Å². The van der Waals surface area contributed by atoms with Gasteiger partial charge < -0.3 is 24.3 Å². The van der Waals surface area contributed by atoms with Crippen molar-refractivity contribution in [2.24, 2.45) is 5.92 Å². The summed E-state index contributed by atoms with van der Waals surface area (Å²) in [7, 11) is 1.50. The first-order chi connectivity index (χ1) is 14.4. The van der Waals surface area contributed by atoms with Crippen LogP contribution in [0.1, 0.15) is 26.7 Å². The molecule has 7 nitrogen and oxygen atoms in total. The molecule has 2 aromatic rings. The Labute approximate surface area is 175 Å². The smallest absolute Gasteiger partial charge is 0.407 e. The van der Waals surface area contributed by atoms with Crippen LogP contribution in [0.15, 0.2) is 29.1 Å². The van der Waals surface area contributed by atoms with Crippen molar-refractivity contribution in [3.05, 3.63) is 40.4 Å². The van der Waals surface area contributed by atoms with Gasteiger partial charge in [-0.05, 0) is 37.0 Å². The molecule has 1 fully saturated rings. The van der Waals surface area contributed by atoms with Crippen LogP contribution in [0.5, 0.6) is 5.75 Å². The van der Waals surface area contributed by atoms with Gasteiger partial charge in [-0.25, -0.2) is 9.18 Å². The molecular weight excluding hydrogens is 389 g/mol. The second-order valence-electron chi connectivity index (χ2n) is 8.12. The number of ether oxygens (including phenoxy) is 2. The fraction of sp³-hybridized carbons (Fsp3) is 0.545. The number of piperidine rings is 1. The van der Waals surface area contributed by atoms with Crippen LogP contribution in [0.25, 0.3) is 10.9 Å².